The smallest absolute Gasteiger partial charge is 0.247 e. The van der Waals surface area contributed by atoms with Gasteiger partial charge in [0.2, 0.25) is 5.91 Å². The van der Waals surface area contributed by atoms with Crippen LogP contribution in [0.5, 0.6) is 0 Å². The molecule has 8 nitrogen and oxygen atoms in total. The molecule has 3 aromatic carbocycles. The number of carbonyl (C=O) groups is 1. The first-order valence-corrected chi connectivity index (χ1v) is 16.9. The summed E-state index contributed by atoms with van der Waals surface area (Å²) in [6.45, 7) is 5.88. The van der Waals surface area contributed by atoms with Crippen LogP contribution >= 0.6 is 11.6 Å². The summed E-state index contributed by atoms with van der Waals surface area (Å²) in [5.74, 6) is -0.183. The van der Waals surface area contributed by atoms with Crippen molar-refractivity contribution in [2.45, 2.75) is 68.9 Å². The number of aliphatic hydroxyl groups is 1. The van der Waals surface area contributed by atoms with Gasteiger partial charge in [0.05, 0.1) is 23.4 Å². The quantitative estimate of drug-likeness (QED) is 0.242. The van der Waals surface area contributed by atoms with Crippen molar-refractivity contribution in [3.05, 3.63) is 106 Å². The molecule has 2 fully saturated rings. The Balaban J connectivity index is 1.51. The molecule has 1 saturated heterocycles. The van der Waals surface area contributed by atoms with Crippen molar-refractivity contribution in [2.24, 2.45) is 5.92 Å². The van der Waals surface area contributed by atoms with Gasteiger partial charge < -0.3 is 25.2 Å². The Morgan fingerprint density at radius 2 is 1.89 bits per heavy atom. The molecule has 3 aliphatic rings. The summed E-state index contributed by atoms with van der Waals surface area (Å²) in [7, 11) is 0. The second kappa shape index (κ2) is 12.5. The number of hydrogen-bond donors (Lipinski definition) is 4. The van der Waals surface area contributed by atoms with Crippen LogP contribution in [0.2, 0.25) is 5.02 Å². The molecule has 3 aromatic rings. The maximum Gasteiger partial charge on any atom is 0.247 e. The van der Waals surface area contributed by atoms with Gasteiger partial charge in [-0.2, -0.15) is 5.26 Å². The Hall–Kier alpha value is -3.59. The largest absolute Gasteiger partial charge is 0.598 e. The predicted octanol–water partition coefficient (Wildman–Crippen LogP) is 6.16. The van der Waals surface area contributed by atoms with Crippen molar-refractivity contribution < 1.29 is 18.8 Å². The van der Waals surface area contributed by atoms with E-state index >= 15 is 4.39 Å². The van der Waals surface area contributed by atoms with Crippen LogP contribution in [0, 0.1) is 23.1 Å². The Labute approximate surface area is 276 Å². The van der Waals surface area contributed by atoms with Gasteiger partial charge in [0.25, 0.3) is 0 Å². The first-order chi connectivity index (χ1) is 21.9. The molecule has 6 rings (SSSR count). The van der Waals surface area contributed by atoms with Gasteiger partial charge in [-0.05, 0) is 111 Å². The molecule has 2 aliphatic heterocycles. The number of allylic oxidation sites excluding steroid dienone is 1. The number of halogens is 2. The van der Waals surface area contributed by atoms with Crippen molar-refractivity contribution >= 4 is 40.2 Å². The van der Waals surface area contributed by atoms with E-state index in [-0.39, 0.29) is 24.6 Å². The molecule has 11 heteroatoms. The zero-order valence-corrected chi connectivity index (χ0v) is 27.5. The van der Waals surface area contributed by atoms with Crippen LogP contribution in [0.25, 0.3) is 0 Å². The van der Waals surface area contributed by atoms with E-state index < -0.39 is 45.5 Å². The summed E-state index contributed by atoms with van der Waals surface area (Å²) in [5.41, 5.74) is 2.57. The lowest BCUT2D eigenvalue weighted by Gasteiger charge is -2.39. The molecule has 1 saturated carbocycles. The number of aliphatic hydroxyl groups excluding tert-OH is 1. The number of anilines is 2. The lowest BCUT2D eigenvalue weighted by Crippen LogP contribution is -2.52. The molecule has 0 aromatic heterocycles. The van der Waals surface area contributed by atoms with Crippen LogP contribution in [0.3, 0.4) is 0 Å². The molecule has 1 amide bonds. The summed E-state index contributed by atoms with van der Waals surface area (Å²) in [4.78, 5) is 15.8. The number of rotatable bonds is 5. The summed E-state index contributed by atoms with van der Waals surface area (Å²) in [6, 6.07) is 20.5. The molecule has 1 aliphatic carbocycles. The van der Waals surface area contributed by atoms with Crippen molar-refractivity contribution in [3.63, 3.8) is 0 Å². The topological polar surface area (TPSA) is 123 Å². The van der Waals surface area contributed by atoms with Crippen LogP contribution in [0.15, 0.2) is 78.1 Å². The summed E-state index contributed by atoms with van der Waals surface area (Å²) in [6.07, 6.45) is 1.35. The number of carbonyl (C=O) groups excluding carboxylic acids is 1. The van der Waals surface area contributed by atoms with Crippen molar-refractivity contribution in [1.29, 1.82) is 5.26 Å². The zero-order valence-electron chi connectivity index (χ0n) is 25.9. The van der Waals surface area contributed by atoms with E-state index in [2.05, 4.69) is 21.4 Å². The van der Waals surface area contributed by atoms with Crippen molar-refractivity contribution in [1.82, 2.24) is 9.62 Å². The van der Waals surface area contributed by atoms with E-state index in [9.17, 15) is 19.7 Å². The lowest BCUT2D eigenvalue weighted by atomic mass is 9.78. The minimum Gasteiger partial charge on any atom is -0.598 e. The van der Waals surface area contributed by atoms with Crippen molar-refractivity contribution in [2.75, 3.05) is 17.2 Å². The molecule has 0 spiro atoms. The predicted molar refractivity (Wildman–Crippen MR) is 179 cm³/mol. The third-order valence-corrected chi connectivity index (χ3v) is 10.9. The molecule has 0 radical (unpaired) electrons. The number of benzene rings is 3. The second-order valence-corrected chi connectivity index (χ2v) is 15.7. The molecular formula is C35H37ClFN5O3S. The fourth-order valence-electron chi connectivity index (χ4n) is 6.37. The molecule has 2 bridgehead atoms. The van der Waals surface area contributed by atoms with E-state index in [0.29, 0.717) is 29.0 Å². The van der Waals surface area contributed by atoms with Gasteiger partial charge in [-0.25, -0.2) is 4.39 Å². The number of nitriles is 1. The maximum absolute atomic E-state index is 15.5. The number of amides is 1. The number of hydrogen-bond acceptors (Lipinski definition) is 7. The van der Waals surface area contributed by atoms with Crippen LogP contribution in [0.4, 0.5) is 15.8 Å². The number of nitrogens with zero attached hydrogens (tertiary/aromatic N) is 2. The highest BCUT2D eigenvalue weighted by molar-refractivity contribution is 7.90. The first-order valence-electron chi connectivity index (χ1n) is 15.4. The van der Waals surface area contributed by atoms with Crippen LogP contribution in [0.1, 0.15) is 63.1 Å². The molecule has 240 valence electrons. The molecule has 2 heterocycles. The van der Waals surface area contributed by atoms with Gasteiger partial charge in [0.15, 0.2) is 0 Å². The van der Waals surface area contributed by atoms with Crippen LogP contribution in [-0.4, -0.2) is 43.9 Å². The summed E-state index contributed by atoms with van der Waals surface area (Å²) >= 11 is 4.58. The van der Waals surface area contributed by atoms with E-state index in [1.165, 1.54) is 6.07 Å². The Morgan fingerprint density at radius 1 is 1.15 bits per heavy atom. The molecule has 46 heavy (non-hydrogen) atoms. The summed E-state index contributed by atoms with van der Waals surface area (Å²) in [5, 5.41) is 27.4. The maximum atomic E-state index is 15.5. The van der Waals surface area contributed by atoms with Gasteiger partial charge >= 0.3 is 0 Å². The van der Waals surface area contributed by atoms with E-state index in [1.807, 2.05) is 43.9 Å². The Morgan fingerprint density at radius 3 is 2.61 bits per heavy atom. The van der Waals surface area contributed by atoms with Gasteiger partial charge in [0, 0.05) is 35.0 Å². The Bertz CT molecular complexity index is 1720. The van der Waals surface area contributed by atoms with Gasteiger partial charge in [-0.15, -0.1) is 4.72 Å². The van der Waals surface area contributed by atoms with Crippen molar-refractivity contribution in [3.8, 4) is 6.07 Å². The molecule has 4 N–H and O–H groups in total. The Kier molecular flexibility index (Phi) is 8.83. The molecule has 3 unspecified atom stereocenters. The van der Waals surface area contributed by atoms with E-state index in [0.717, 1.165) is 29.1 Å². The standard InChI is InChI=1S/C35H37ClFN5O3S/c1-34(2,3)46(45)41-35(23-6-4-5-21(15-23)19-38)14-13-22-16-28(22)32(39-26-10-8-25(36)9-11-26)42-20-27(43)18-31(42)33(44)40-30-17-24(35)7-12-29(30)37/h4-12,15,17,22,27,31,39,41,43H,13-14,16,18,20H2,1-3H3,(H,40,44)/b32-28-/t22?,27-,31+,35?,46?/m1/s1. The lowest BCUT2D eigenvalue weighted by molar-refractivity contribution is -0.119. The third-order valence-electron chi connectivity index (χ3n) is 8.97. The average Bonchev–Trinajstić information content (AvgIpc) is 3.69. The van der Waals surface area contributed by atoms with E-state index in [1.54, 1.807) is 42.5 Å². The highest BCUT2D eigenvalue weighted by Crippen LogP contribution is 2.49. The molecule has 5 atom stereocenters. The van der Waals surface area contributed by atoms with Crippen LogP contribution in [-0.2, 0) is 21.7 Å². The fourth-order valence-corrected chi connectivity index (χ4v) is 7.46. The minimum absolute atomic E-state index is 0.0164. The van der Waals surface area contributed by atoms with Gasteiger partial charge in [0.1, 0.15) is 28.0 Å². The SMILES string of the molecule is CC(C)(C)[S+]([O-])NC1(c2cccc(C#N)c2)CCC2C/C2=C(\Nc2ccc(Cl)cc2)N2C[C@H](O)C[C@H]2C(=O)Nc2cc1ccc2F. The minimum atomic E-state index is -1.56. The fraction of sp³-hybridized carbons (Fsp3) is 0.371. The van der Waals surface area contributed by atoms with Crippen LogP contribution < -0.4 is 15.4 Å². The number of fused-ring (bicyclic) bond motifs is 4. The highest BCUT2D eigenvalue weighted by Gasteiger charge is 2.47. The summed E-state index contributed by atoms with van der Waals surface area (Å²) < 4.78 is 32.1. The zero-order chi connectivity index (χ0) is 32.8. The normalized spacial score (nSPS) is 26.8. The number of nitrogens with one attached hydrogen (secondary N) is 3. The average molecular weight is 662 g/mol. The second-order valence-electron chi connectivity index (χ2n) is 13.3. The van der Waals surface area contributed by atoms with Gasteiger partial charge in [-0.3, -0.25) is 4.79 Å². The van der Waals surface area contributed by atoms with Gasteiger partial charge in [-0.1, -0.05) is 29.8 Å². The first kappa shape index (κ1) is 32.4. The third kappa shape index (κ3) is 6.48. The van der Waals surface area contributed by atoms with E-state index in [4.69, 9.17) is 11.6 Å². The molecular weight excluding hydrogens is 625 g/mol. The monoisotopic (exact) mass is 661 g/mol. The highest BCUT2D eigenvalue weighted by atomic mass is 35.5.